The average Bonchev–Trinajstić information content (AvgIpc) is 2.97. The third-order valence-corrected chi connectivity index (χ3v) is 13.1. The number of hydrogen-bond donors (Lipinski definition) is 1. The van der Waals surface area contributed by atoms with Gasteiger partial charge in [-0.25, -0.2) is 4.79 Å². The minimum Gasteiger partial charge on any atom is -1.00 e. The molecule has 0 heterocycles. The maximum atomic E-state index is 10.6. The summed E-state index contributed by atoms with van der Waals surface area (Å²) >= 11 is 0. The highest BCUT2D eigenvalue weighted by Gasteiger charge is 2.32. The number of benzene rings is 2. The quantitative estimate of drug-likeness (QED) is 0.196. The lowest BCUT2D eigenvalue weighted by Gasteiger charge is -2.26. The summed E-state index contributed by atoms with van der Waals surface area (Å²) in [5, 5.41) is 8.67. The molecular formula is C39H76ClO2P. The summed E-state index contributed by atoms with van der Waals surface area (Å²) in [5.41, 5.74) is 3.00. The summed E-state index contributed by atoms with van der Waals surface area (Å²) in [4.78, 5) is 10.6. The first-order chi connectivity index (χ1) is 18.2. The van der Waals surface area contributed by atoms with Gasteiger partial charge in [-0.15, -0.1) is 0 Å². The topological polar surface area (TPSA) is 37.3 Å². The second-order valence-electron chi connectivity index (χ2n) is 10.8. The highest BCUT2D eigenvalue weighted by atomic mass is 35.5. The molecule has 2 rings (SSSR count). The molecule has 0 aliphatic carbocycles. The van der Waals surface area contributed by atoms with Gasteiger partial charge in [0.1, 0.15) is 0 Å². The smallest absolute Gasteiger partial charge is 0.335 e. The van der Waals surface area contributed by atoms with Crippen LogP contribution in [0.15, 0.2) is 54.6 Å². The number of aromatic carboxylic acids is 1. The third kappa shape index (κ3) is 23.7. The van der Waals surface area contributed by atoms with Crippen LogP contribution in [0.5, 0.6) is 0 Å². The van der Waals surface area contributed by atoms with E-state index in [1.807, 2.05) is 12.1 Å². The fourth-order valence-electron chi connectivity index (χ4n) is 4.50. The van der Waals surface area contributed by atoms with Crippen molar-refractivity contribution in [1.29, 1.82) is 0 Å². The van der Waals surface area contributed by atoms with Gasteiger partial charge in [-0.1, -0.05) is 140 Å². The second-order valence-corrected chi connectivity index (χ2v) is 15.5. The highest BCUT2D eigenvalue weighted by Crippen LogP contribution is 2.60. The summed E-state index contributed by atoms with van der Waals surface area (Å²) in [6, 6.07) is 17.7. The zero-order chi connectivity index (χ0) is 28.8. The van der Waals surface area contributed by atoms with Crippen LogP contribution in [0.3, 0.4) is 0 Å². The van der Waals surface area contributed by atoms with Gasteiger partial charge in [0.15, 0.2) is 0 Å². The number of carbonyl (C=O) groups is 1. The zero-order valence-electron chi connectivity index (χ0n) is 26.5. The normalized spacial score (nSPS) is 11.0. The maximum Gasteiger partial charge on any atom is 0.335 e. The van der Waals surface area contributed by atoms with Gasteiger partial charge in [0.25, 0.3) is 0 Å². The van der Waals surface area contributed by atoms with Crippen LogP contribution in [0.1, 0.15) is 170 Å². The number of rotatable bonds is 15. The van der Waals surface area contributed by atoms with Crippen molar-refractivity contribution in [2.75, 3.05) is 24.6 Å². The Kier molecular flexibility index (Phi) is 42.2. The van der Waals surface area contributed by atoms with Crippen LogP contribution in [-0.4, -0.2) is 35.7 Å². The first kappa shape index (κ1) is 54.1. The van der Waals surface area contributed by atoms with E-state index >= 15 is 0 Å². The van der Waals surface area contributed by atoms with E-state index in [2.05, 4.69) is 85.7 Å². The molecule has 1 N–H and O–H groups in total. The predicted molar refractivity (Wildman–Crippen MR) is 201 cm³/mol. The lowest BCUT2D eigenvalue weighted by atomic mass is 9.98. The van der Waals surface area contributed by atoms with E-state index < -0.39 is 13.2 Å². The fourth-order valence-corrected chi connectivity index (χ4v) is 9.08. The van der Waals surface area contributed by atoms with Gasteiger partial charge in [0.2, 0.25) is 0 Å². The number of unbranched alkanes of at least 4 members (excludes halogenated alkanes) is 3. The zero-order valence-corrected chi connectivity index (χ0v) is 28.2. The van der Waals surface area contributed by atoms with E-state index in [0.717, 1.165) is 6.42 Å². The van der Waals surface area contributed by atoms with Crippen molar-refractivity contribution in [2.24, 2.45) is 0 Å². The van der Waals surface area contributed by atoms with E-state index in [4.69, 9.17) is 5.11 Å². The minimum atomic E-state index is -0.865. The minimum absolute atomic E-state index is 0. The highest BCUT2D eigenvalue weighted by molar-refractivity contribution is 7.75. The molecule has 2 atom stereocenters. The molecule has 4 heteroatoms. The van der Waals surface area contributed by atoms with Gasteiger partial charge in [-0.3, -0.25) is 0 Å². The van der Waals surface area contributed by atoms with Crippen molar-refractivity contribution in [3.05, 3.63) is 71.3 Å². The maximum absolute atomic E-state index is 10.6. The average molecular weight is 643 g/mol. The van der Waals surface area contributed by atoms with E-state index in [1.165, 1.54) is 62.2 Å². The first-order valence-electron chi connectivity index (χ1n) is 15.5. The van der Waals surface area contributed by atoms with Gasteiger partial charge in [0.05, 0.1) is 30.2 Å². The Morgan fingerprint density at radius 1 is 0.628 bits per heavy atom. The lowest BCUT2D eigenvalue weighted by molar-refractivity contribution is -0.0000254. The van der Waals surface area contributed by atoms with Gasteiger partial charge in [-0.05, 0) is 74.1 Å². The molecule has 2 nitrogen and oxygen atoms in total. The molecule has 2 aromatic rings. The van der Waals surface area contributed by atoms with Crippen molar-refractivity contribution >= 4 is 13.2 Å². The number of carboxylic acid groups (broad SMARTS) is 1. The molecule has 0 bridgehead atoms. The Labute approximate surface area is 279 Å². The molecule has 0 aliphatic heterocycles. The van der Waals surface area contributed by atoms with Crippen LogP contribution in [-0.2, 0) is 0 Å². The van der Waals surface area contributed by atoms with Crippen LogP contribution in [0.25, 0.3) is 0 Å². The van der Waals surface area contributed by atoms with Crippen molar-refractivity contribution in [3.63, 3.8) is 0 Å². The predicted octanol–water partition coefficient (Wildman–Crippen LogP) is 11.1. The van der Waals surface area contributed by atoms with Crippen molar-refractivity contribution in [1.82, 2.24) is 0 Å². The largest absolute Gasteiger partial charge is 1.00 e. The molecule has 0 amide bonds. The lowest BCUT2D eigenvalue weighted by Crippen LogP contribution is -3.00. The third-order valence-electron chi connectivity index (χ3n) is 7.95. The van der Waals surface area contributed by atoms with Crippen LogP contribution in [0.2, 0.25) is 0 Å². The van der Waals surface area contributed by atoms with Gasteiger partial charge >= 0.3 is 5.97 Å². The van der Waals surface area contributed by atoms with Crippen molar-refractivity contribution in [2.45, 2.75) is 148 Å². The fraction of sp³-hybridized carbons (Fsp3) is 0.667. The molecule has 2 aromatic carbocycles. The number of hydrogen-bond acceptors (Lipinski definition) is 1. The summed E-state index contributed by atoms with van der Waals surface area (Å²) in [5.74, 6) is 0.347. The standard InChI is InChI=1S/C14H32P.C11H14O2.C10H14.4CH4.ClH/c1-5-9-12-15(8-4,13-10-6-2)14-11-7-3;1-3-8(2)9-4-6-10(7-5-9)11(12)13;1-3-9(2)10-7-5-4-6-8-10;;;;;/h5-14H2,1-4H3;4-8H,3H2,1-2H3,(H,12,13);4-9H,3H2,1-2H3;4*1H4;1H/q+1;;;;;;;/p-1. The second kappa shape index (κ2) is 33.5. The monoisotopic (exact) mass is 643 g/mol. The molecule has 0 saturated carbocycles. The van der Waals surface area contributed by atoms with Crippen molar-refractivity contribution in [3.8, 4) is 0 Å². The summed E-state index contributed by atoms with van der Waals surface area (Å²) < 4.78 is 0. The molecule has 0 aliphatic rings. The van der Waals surface area contributed by atoms with Crippen LogP contribution >= 0.6 is 7.26 Å². The summed E-state index contributed by atoms with van der Waals surface area (Å²) in [6.07, 6.45) is 17.2. The molecule has 2 unspecified atom stereocenters. The Hall–Kier alpha value is -1.37. The van der Waals surface area contributed by atoms with Gasteiger partial charge in [-0.2, -0.15) is 0 Å². The Morgan fingerprint density at radius 3 is 1.26 bits per heavy atom. The van der Waals surface area contributed by atoms with E-state index in [1.54, 1.807) is 30.6 Å². The molecule has 43 heavy (non-hydrogen) atoms. The molecular weight excluding hydrogens is 567 g/mol. The molecule has 256 valence electrons. The van der Waals surface area contributed by atoms with Crippen molar-refractivity contribution < 1.29 is 22.3 Å². The number of carboxylic acids is 1. The van der Waals surface area contributed by atoms with E-state index in [0.29, 0.717) is 17.4 Å². The Bertz CT molecular complexity index is 801. The van der Waals surface area contributed by atoms with Crippen LogP contribution in [0, 0.1) is 0 Å². The molecule has 0 radical (unpaired) electrons. The SMILES string of the molecule is C.C.C.C.CCC(C)c1ccc(C(=O)O)cc1.CCC(C)c1ccccc1.CCCC[P+](CC)(CCCC)CCCC.[Cl-]. The number of halogens is 1. The molecule has 0 spiro atoms. The Balaban J connectivity index is -0.000000114. The summed E-state index contributed by atoms with van der Waals surface area (Å²) in [7, 11) is -0.527. The van der Waals surface area contributed by atoms with Gasteiger partial charge < -0.3 is 17.5 Å². The summed E-state index contributed by atoms with van der Waals surface area (Å²) in [6.45, 7) is 18.2. The Morgan fingerprint density at radius 2 is 0.977 bits per heavy atom. The van der Waals surface area contributed by atoms with Crippen LogP contribution < -0.4 is 12.4 Å². The molecule has 0 aromatic heterocycles. The first-order valence-corrected chi connectivity index (χ1v) is 18.0. The van der Waals surface area contributed by atoms with E-state index in [9.17, 15) is 4.79 Å². The van der Waals surface area contributed by atoms with E-state index in [-0.39, 0.29) is 42.1 Å². The molecule has 0 fully saturated rings. The van der Waals surface area contributed by atoms with Gasteiger partial charge in [0, 0.05) is 7.26 Å². The van der Waals surface area contributed by atoms with Crippen LogP contribution in [0.4, 0.5) is 0 Å². The molecule has 0 saturated heterocycles.